The van der Waals surface area contributed by atoms with Crippen LogP contribution in [0.5, 0.6) is 0 Å². The van der Waals surface area contributed by atoms with E-state index in [0.717, 1.165) is 31.7 Å². The second kappa shape index (κ2) is 9.07. The number of carbonyl (C=O) groups excluding carboxylic acids is 1. The molecule has 0 aliphatic heterocycles. The number of hydrogen-bond acceptors (Lipinski definition) is 5. The fraction of sp³-hybridized carbons (Fsp3) is 0.417. The number of rotatable bonds is 6. The molecular weight excluding hydrogens is 478 g/mol. The Labute approximate surface area is 203 Å². The zero-order valence-electron chi connectivity index (χ0n) is 19.5. The maximum Gasteiger partial charge on any atom is 0.408 e. The van der Waals surface area contributed by atoms with Crippen LogP contribution >= 0.6 is 0 Å². The topological polar surface area (TPSA) is 100 Å². The third kappa shape index (κ3) is 4.71. The smallest absolute Gasteiger partial charge is 0.351 e. The van der Waals surface area contributed by atoms with Crippen LogP contribution in [0.3, 0.4) is 0 Å². The minimum Gasteiger partial charge on any atom is -0.351 e. The molecule has 4 heterocycles. The molecule has 0 saturated heterocycles. The normalized spacial score (nSPS) is 16.8. The largest absolute Gasteiger partial charge is 0.408 e. The number of pyridine rings is 1. The van der Waals surface area contributed by atoms with Gasteiger partial charge in [0.25, 0.3) is 5.91 Å². The lowest BCUT2D eigenvalue weighted by atomic mass is 9.86. The number of carbonyl (C=O) groups is 1. The predicted octanol–water partition coefficient (Wildman–Crippen LogP) is 5.04. The van der Waals surface area contributed by atoms with Crippen molar-refractivity contribution in [3.05, 3.63) is 42.5 Å². The van der Waals surface area contributed by atoms with Crippen LogP contribution in [0.25, 0.3) is 27.7 Å². The van der Waals surface area contributed by atoms with E-state index in [9.17, 15) is 22.4 Å². The number of aromatic amines is 1. The maximum atomic E-state index is 14.9. The molecule has 4 aromatic heterocycles. The lowest BCUT2D eigenvalue weighted by Gasteiger charge is -2.29. The van der Waals surface area contributed by atoms with Crippen LogP contribution in [0.2, 0.25) is 0 Å². The fourth-order valence-corrected chi connectivity index (χ4v) is 4.51. The van der Waals surface area contributed by atoms with Gasteiger partial charge in [-0.15, -0.1) is 0 Å². The standard InChI is InChI=1S/C24H25F4N7O/c1-14(24(26,27)28)33-21(36)18-12-32-35-8-5-15(9-19(18)35)16-10-29-20-17(16)11-30-22(34-20)31-13-23(25)6-3-2-4-7-23/h5,8-12,14H,2-4,6-7,13H2,1H3,(H,33,36)(H2,29,30,31,34)/t14-/m1/s1. The number of aromatic nitrogens is 5. The Morgan fingerprint density at radius 2 is 2.03 bits per heavy atom. The molecular formula is C24H25F4N7O. The molecule has 1 amide bonds. The van der Waals surface area contributed by atoms with Crippen molar-refractivity contribution in [3.8, 4) is 11.1 Å². The van der Waals surface area contributed by atoms with E-state index in [2.05, 4.69) is 25.4 Å². The quantitative estimate of drug-likeness (QED) is 0.320. The average molecular weight is 504 g/mol. The number of nitrogens with zero attached hydrogens (tertiary/aromatic N) is 4. The molecule has 0 bridgehead atoms. The molecule has 36 heavy (non-hydrogen) atoms. The summed E-state index contributed by atoms with van der Waals surface area (Å²) in [5, 5.41) is 9.75. The van der Waals surface area contributed by atoms with Crippen LogP contribution < -0.4 is 10.6 Å². The monoisotopic (exact) mass is 503 g/mol. The van der Waals surface area contributed by atoms with Gasteiger partial charge in [0.1, 0.15) is 17.4 Å². The molecule has 0 radical (unpaired) electrons. The van der Waals surface area contributed by atoms with E-state index in [0.29, 0.717) is 40.9 Å². The maximum absolute atomic E-state index is 14.9. The van der Waals surface area contributed by atoms with Gasteiger partial charge in [-0.1, -0.05) is 19.3 Å². The zero-order chi connectivity index (χ0) is 25.5. The Morgan fingerprint density at radius 3 is 2.78 bits per heavy atom. The Kier molecular flexibility index (Phi) is 6.05. The van der Waals surface area contributed by atoms with Crippen molar-refractivity contribution in [1.29, 1.82) is 0 Å². The van der Waals surface area contributed by atoms with Crippen LogP contribution in [-0.2, 0) is 0 Å². The summed E-state index contributed by atoms with van der Waals surface area (Å²) in [6.07, 6.45) is 5.53. The van der Waals surface area contributed by atoms with Crippen LogP contribution in [0.4, 0.5) is 23.5 Å². The first-order chi connectivity index (χ1) is 17.1. The highest BCUT2D eigenvalue weighted by Gasteiger charge is 2.37. The lowest BCUT2D eigenvalue weighted by Crippen LogP contribution is -2.43. The SMILES string of the molecule is C[C@@H](NC(=O)c1cnn2ccc(-c3c[nH]c4nc(NCC5(F)CCCCC5)ncc34)cc12)C(F)(F)F. The van der Waals surface area contributed by atoms with Gasteiger partial charge in [0.2, 0.25) is 5.95 Å². The molecule has 0 spiro atoms. The highest BCUT2D eigenvalue weighted by Crippen LogP contribution is 2.33. The second-order valence-corrected chi connectivity index (χ2v) is 9.26. The van der Waals surface area contributed by atoms with Crippen molar-refractivity contribution in [2.45, 2.75) is 56.9 Å². The van der Waals surface area contributed by atoms with Gasteiger partial charge in [0.05, 0.1) is 23.8 Å². The van der Waals surface area contributed by atoms with E-state index >= 15 is 0 Å². The zero-order valence-corrected chi connectivity index (χ0v) is 19.5. The number of alkyl halides is 4. The van der Waals surface area contributed by atoms with Crippen LogP contribution in [0.15, 0.2) is 36.9 Å². The number of hydrogen-bond donors (Lipinski definition) is 3. The molecule has 3 N–H and O–H groups in total. The van der Waals surface area contributed by atoms with E-state index in [4.69, 9.17) is 0 Å². The van der Waals surface area contributed by atoms with Gasteiger partial charge in [0, 0.05) is 29.5 Å². The molecule has 12 heteroatoms. The second-order valence-electron chi connectivity index (χ2n) is 9.26. The summed E-state index contributed by atoms with van der Waals surface area (Å²) >= 11 is 0. The van der Waals surface area contributed by atoms with Crippen molar-refractivity contribution < 1.29 is 22.4 Å². The fourth-order valence-electron chi connectivity index (χ4n) is 4.51. The molecule has 1 atom stereocenters. The van der Waals surface area contributed by atoms with E-state index in [1.807, 2.05) is 5.32 Å². The Hall–Kier alpha value is -3.70. The summed E-state index contributed by atoms with van der Waals surface area (Å²) in [7, 11) is 0. The highest BCUT2D eigenvalue weighted by atomic mass is 19.4. The molecule has 1 saturated carbocycles. The van der Waals surface area contributed by atoms with Gasteiger partial charge in [-0.25, -0.2) is 13.9 Å². The van der Waals surface area contributed by atoms with Crippen molar-refractivity contribution in [3.63, 3.8) is 0 Å². The lowest BCUT2D eigenvalue weighted by molar-refractivity contribution is -0.149. The van der Waals surface area contributed by atoms with Gasteiger partial charge < -0.3 is 15.6 Å². The molecule has 4 aromatic rings. The van der Waals surface area contributed by atoms with Crippen molar-refractivity contribution in [2.24, 2.45) is 0 Å². The van der Waals surface area contributed by atoms with Crippen LogP contribution in [0.1, 0.15) is 49.4 Å². The predicted molar refractivity (Wildman–Crippen MR) is 126 cm³/mol. The van der Waals surface area contributed by atoms with Crippen LogP contribution in [-0.4, -0.2) is 54.9 Å². The van der Waals surface area contributed by atoms with Gasteiger partial charge in [0.15, 0.2) is 0 Å². The van der Waals surface area contributed by atoms with Crippen molar-refractivity contribution >= 4 is 28.4 Å². The molecule has 190 valence electrons. The summed E-state index contributed by atoms with van der Waals surface area (Å²) in [6, 6.07) is 1.44. The van der Waals surface area contributed by atoms with E-state index in [1.54, 1.807) is 30.7 Å². The number of fused-ring (bicyclic) bond motifs is 2. The number of nitrogens with one attached hydrogen (secondary N) is 3. The molecule has 1 fully saturated rings. The van der Waals surface area contributed by atoms with E-state index in [-0.39, 0.29) is 12.1 Å². The Morgan fingerprint density at radius 1 is 1.25 bits per heavy atom. The molecule has 0 aromatic carbocycles. The number of anilines is 1. The minimum absolute atomic E-state index is 0.0263. The Bertz CT molecular complexity index is 1400. The summed E-state index contributed by atoms with van der Waals surface area (Å²) in [6.45, 7) is 1.04. The van der Waals surface area contributed by atoms with E-state index < -0.39 is 23.8 Å². The van der Waals surface area contributed by atoms with Gasteiger partial charge in [-0.05, 0) is 37.5 Å². The van der Waals surface area contributed by atoms with Crippen molar-refractivity contribution in [1.82, 2.24) is 29.9 Å². The Balaban J connectivity index is 1.39. The molecule has 1 aliphatic rings. The number of halogens is 4. The molecule has 0 unspecified atom stereocenters. The first-order valence-electron chi connectivity index (χ1n) is 11.8. The average Bonchev–Trinajstić information content (AvgIpc) is 3.46. The first kappa shape index (κ1) is 24.0. The summed E-state index contributed by atoms with van der Waals surface area (Å²) in [4.78, 5) is 24.4. The minimum atomic E-state index is -4.55. The molecule has 1 aliphatic carbocycles. The van der Waals surface area contributed by atoms with Crippen molar-refractivity contribution in [2.75, 3.05) is 11.9 Å². The van der Waals surface area contributed by atoms with Gasteiger partial charge in [-0.2, -0.15) is 23.3 Å². The third-order valence-electron chi connectivity index (χ3n) is 6.66. The summed E-state index contributed by atoms with van der Waals surface area (Å²) in [5.74, 6) is -0.545. The van der Waals surface area contributed by atoms with Gasteiger partial charge in [-0.3, -0.25) is 4.79 Å². The van der Waals surface area contributed by atoms with Gasteiger partial charge >= 0.3 is 6.18 Å². The van der Waals surface area contributed by atoms with Crippen LogP contribution in [0, 0.1) is 0 Å². The number of H-pyrrole nitrogens is 1. The summed E-state index contributed by atoms with van der Waals surface area (Å²) < 4.78 is 55.0. The molecule has 5 rings (SSSR count). The molecule has 8 nitrogen and oxygen atoms in total. The first-order valence-corrected chi connectivity index (χ1v) is 11.8. The number of amides is 1. The summed E-state index contributed by atoms with van der Waals surface area (Å²) in [5.41, 5.74) is 1.11. The third-order valence-corrected chi connectivity index (χ3v) is 6.66. The highest BCUT2D eigenvalue weighted by molar-refractivity contribution is 6.02. The van der Waals surface area contributed by atoms with E-state index in [1.165, 1.54) is 10.7 Å².